The van der Waals surface area contributed by atoms with Crippen LogP contribution in [0.15, 0.2) is 18.2 Å². The van der Waals surface area contributed by atoms with E-state index < -0.39 is 0 Å². The largest absolute Gasteiger partial charge is 0.465 e. The molecule has 2 heterocycles. The number of imidazole rings is 1. The topological polar surface area (TPSA) is 75.3 Å². The number of esters is 1. The molecule has 1 aliphatic heterocycles. The third kappa shape index (κ3) is 3.49. The quantitative estimate of drug-likeness (QED) is 0.855. The fourth-order valence-corrected chi connectivity index (χ4v) is 2.71. The number of cyclic esters (lactones) is 1. The van der Waals surface area contributed by atoms with Gasteiger partial charge in [-0.1, -0.05) is 0 Å². The van der Waals surface area contributed by atoms with Crippen LogP contribution in [0.2, 0.25) is 0 Å². The van der Waals surface area contributed by atoms with Gasteiger partial charge in [-0.15, -0.1) is 0 Å². The van der Waals surface area contributed by atoms with Crippen molar-refractivity contribution < 1.29 is 18.7 Å². The maximum Gasteiger partial charge on any atom is 0.309 e. The molecule has 1 aromatic heterocycles. The van der Waals surface area contributed by atoms with Crippen LogP contribution in [-0.2, 0) is 20.9 Å². The number of H-pyrrole nitrogens is 1. The summed E-state index contributed by atoms with van der Waals surface area (Å²) in [5.74, 6) is -0.167. The summed E-state index contributed by atoms with van der Waals surface area (Å²) in [5.41, 5.74) is 1.27. The average molecular weight is 319 g/mol. The lowest BCUT2D eigenvalue weighted by atomic mass is 10.0. The van der Waals surface area contributed by atoms with E-state index in [2.05, 4.69) is 9.97 Å². The van der Waals surface area contributed by atoms with E-state index in [0.29, 0.717) is 49.3 Å². The number of ether oxygens (including phenoxy) is 1. The molecule has 7 heteroatoms. The van der Waals surface area contributed by atoms with Crippen molar-refractivity contribution in [3.63, 3.8) is 0 Å². The first-order chi connectivity index (χ1) is 11.0. The SMILES string of the molecule is CN(Cc1nc2ccc(F)cc2[nH]1)C(=O)CCC1CCOC1=O. The Morgan fingerprint density at radius 1 is 1.52 bits per heavy atom. The number of carbonyl (C=O) groups excluding carboxylic acids is 2. The van der Waals surface area contributed by atoms with Gasteiger partial charge in [-0.25, -0.2) is 9.37 Å². The van der Waals surface area contributed by atoms with Gasteiger partial charge in [0, 0.05) is 13.5 Å². The molecule has 0 spiro atoms. The van der Waals surface area contributed by atoms with Crippen molar-refractivity contribution in [2.45, 2.75) is 25.8 Å². The molecular formula is C16H18FN3O3. The standard InChI is InChI=1S/C16H18FN3O3/c1-20(15(21)5-2-10-6-7-23-16(10)22)9-14-18-12-4-3-11(17)8-13(12)19-14/h3-4,8,10H,2,5-7,9H2,1H3,(H,18,19). The van der Waals surface area contributed by atoms with E-state index in [4.69, 9.17) is 4.74 Å². The number of fused-ring (bicyclic) bond motifs is 1. The molecule has 1 fully saturated rings. The van der Waals surface area contributed by atoms with Gasteiger partial charge in [0.15, 0.2) is 0 Å². The summed E-state index contributed by atoms with van der Waals surface area (Å²) in [5, 5.41) is 0. The van der Waals surface area contributed by atoms with Crippen molar-refractivity contribution in [2.75, 3.05) is 13.7 Å². The minimum Gasteiger partial charge on any atom is -0.465 e. The third-order valence-electron chi connectivity index (χ3n) is 4.06. The van der Waals surface area contributed by atoms with E-state index in [0.717, 1.165) is 0 Å². The molecule has 1 atom stereocenters. The molecule has 6 nitrogen and oxygen atoms in total. The van der Waals surface area contributed by atoms with Gasteiger partial charge in [-0.2, -0.15) is 0 Å². The van der Waals surface area contributed by atoms with Crippen molar-refractivity contribution in [1.82, 2.24) is 14.9 Å². The fourth-order valence-electron chi connectivity index (χ4n) is 2.71. The minimum atomic E-state index is -0.333. The molecule has 1 amide bonds. The zero-order valence-corrected chi connectivity index (χ0v) is 12.8. The summed E-state index contributed by atoms with van der Waals surface area (Å²) >= 11 is 0. The number of rotatable bonds is 5. The van der Waals surface area contributed by atoms with Crippen molar-refractivity contribution in [2.24, 2.45) is 5.92 Å². The van der Waals surface area contributed by atoms with Crippen molar-refractivity contribution >= 4 is 22.9 Å². The number of amides is 1. The maximum atomic E-state index is 13.2. The second-order valence-corrected chi connectivity index (χ2v) is 5.79. The molecule has 0 aliphatic carbocycles. The molecule has 1 saturated heterocycles. The summed E-state index contributed by atoms with van der Waals surface area (Å²) in [4.78, 5) is 32.4. The number of hydrogen-bond donors (Lipinski definition) is 1. The van der Waals surface area contributed by atoms with E-state index >= 15 is 0 Å². The number of carbonyl (C=O) groups is 2. The number of hydrogen-bond acceptors (Lipinski definition) is 4. The van der Waals surface area contributed by atoms with Crippen LogP contribution in [0.3, 0.4) is 0 Å². The van der Waals surface area contributed by atoms with E-state index in [9.17, 15) is 14.0 Å². The van der Waals surface area contributed by atoms with Gasteiger partial charge in [-0.3, -0.25) is 9.59 Å². The van der Waals surface area contributed by atoms with Crippen LogP contribution in [0.1, 0.15) is 25.1 Å². The Morgan fingerprint density at radius 3 is 3.09 bits per heavy atom. The second kappa shape index (κ2) is 6.36. The molecule has 0 bridgehead atoms. The molecule has 0 saturated carbocycles. The number of aromatic nitrogens is 2. The smallest absolute Gasteiger partial charge is 0.309 e. The summed E-state index contributed by atoms with van der Waals surface area (Å²) in [7, 11) is 1.68. The highest BCUT2D eigenvalue weighted by atomic mass is 19.1. The van der Waals surface area contributed by atoms with Crippen LogP contribution in [0, 0.1) is 11.7 Å². The highest BCUT2D eigenvalue weighted by Crippen LogP contribution is 2.20. The lowest BCUT2D eigenvalue weighted by molar-refractivity contribution is -0.141. The Kier molecular flexibility index (Phi) is 4.27. The Bertz CT molecular complexity index is 743. The monoisotopic (exact) mass is 319 g/mol. The zero-order chi connectivity index (χ0) is 16.4. The Hall–Kier alpha value is -2.44. The van der Waals surface area contributed by atoms with Gasteiger partial charge in [0.25, 0.3) is 0 Å². The molecule has 1 N–H and O–H groups in total. The molecule has 2 aromatic rings. The zero-order valence-electron chi connectivity index (χ0n) is 12.8. The summed E-state index contributed by atoms with van der Waals surface area (Å²) in [6.07, 6.45) is 1.49. The number of benzene rings is 1. The van der Waals surface area contributed by atoms with E-state index in [1.165, 1.54) is 12.1 Å². The Labute approximate surface area is 132 Å². The van der Waals surface area contributed by atoms with Crippen LogP contribution >= 0.6 is 0 Å². The maximum absolute atomic E-state index is 13.2. The normalized spacial score (nSPS) is 17.5. The number of nitrogens with zero attached hydrogens (tertiary/aromatic N) is 2. The lowest BCUT2D eigenvalue weighted by Gasteiger charge is -2.16. The van der Waals surface area contributed by atoms with Gasteiger partial charge in [-0.05, 0) is 31.0 Å². The van der Waals surface area contributed by atoms with E-state index in [1.807, 2.05) is 0 Å². The number of halogens is 1. The van der Waals surface area contributed by atoms with Crippen molar-refractivity contribution in [3.8, 4) is 0 Å². The van der Waals surface area contributed by atoms with Crippen molar-refractivity contribution in [1.29, 1.82) is 0 Å². The number of aromatic amines is 1. The Balaban J connectivity index is 1.57. The summed E-state index contributed by atoms with van der Waals surface area (Å²) in [6.45, 7) is 0.757. The molecule has 122 valence electrons. The predicted molar refractivity (Wildman–Crippen MR) is 80.8 cm³/mol. The summed E-state index contributed by atoms with van der Waals surface area (Å²) in [6, 6.07) is 4.32. The number of nitrogens with one attached hydrogen (secondary N) is 1. The first kappa shape index (κ1) is 15.5. The van der Waals surface area contributed by atoms with Crippen LogP contribution in [0.25, 0.3) is 11.0 Å². The van der Waals surface area contributed by atoms with Gasteiger partial charge in [0.2, 0.25) is 5.91 Å². The van der Waals surface area contributed by atoms with Gasteiger partial charge in [0.05, 0.1) is 30.1 Å². The molecule has 3 rings (SSSR count). The third-order valence-corrected chi connectivity index (χ3v) is 4.06. The van der Waals surface area contributed by atoms with Crippen LogP contribution in [0.5, 0.6) is 0 Å². The minimum absolute atomic E-state index is 0.0589. The molecule has 1 aromatic carbocycles. The van der Waals surface area contributed by atoms with Gasteiger partial charge >= 0.3 is 5.97 Å². The molecular weight excluding hydrogens is 301 g/mol. The van der Waals surface area contributed by atoms with Crippen molar-refractivity contribution in [3.05, 3.63) is 29.8 Å². The Morgan fingerprint density at radius 2 is 2.35 bits per heavy atom. The second-order valence-electron chi connectivity index (χ2n) is 5.79. The summed E-state index contributed by atoms with van der Waals surface area (Å²) < 4.78 is 18.1. The first-order valence-corrected chi connectivity index (χ1v) is 7.57. The molecule has 0 radical (unpaired) electrons. The average Bonchev–Trinajstić information content (AvgIpc) is 3.09. The molecule has 23 heavy (non-hydrogen) atoms. The first-order valence-electron chi connectivity index (χ1n) is 7.57. The van der Waals surface area contributed by atoms with Gasteiger partial charge in [0.1, 0.15) is 11.6 Å². The molecule has 1 aliphatic rings. The van der Waals surface area contributed by atoms with Crippen LogP contribution < -0.4 is 0 Å². The van der Waals surface area contributed by atoms with E-state index in [1.54, 1.807) is 18.0 Å². The predicted octanol–water partition coefficient (Wildman–Crippen LogP) is 2.00. The molecule has 1 unspecified atom stereocenters. The fraction of sp³-hybridized carbons (Fsp3) is 0.438. The highest BCUT2D eigenvalue weighted by molar-refractivity contribution is 5.78. The van der Waals surface area contributed by atoms with Crippen LogP contribution in [-0.4, -0.2) is 40.4 Å². The van der Waals surface area contributed by atoms with Crippen LogP contribution in [0.4, 0.5) is 4.39 Å². The van der Waals surface area contributed by atoms with E-state index in [-0.39, 0.29) is 23.6 Å². The highest BCUT2D eigenvalue weighted by Gasteiger charge is 2.27. The van der Waals surface area contributed by atoms with Gasteiger partial charge < -0.3 is 14.6 Å². The lowest BCUT2D eigenvalue weighted by Crippen LogP contribution is -2.27.